The molecule has 7 nitrogen and oxygen atoms in total. The maximum Gasteiger partial charge on any atom is 0.417 e. The second-order valence-electron chi connectivity index (χ2n) is 14.5. The van der Waals surface area contributed by atoms with Gasteiger partial charge in [-0.25, -0.2) is 4.98 Å². The molecule has 5 aliphatic rings. The predicted molar refractivity (Wildman–Crippen MR) is 182 cm³/mol. The Hall–Kier alpha value is -4.23. The average Bonchev–Trinajstić information content (AvgIpc) is 3.74. The standard InChI is InChI=1S/C38H38F6N6O/c39-37(40,41)31-21-29(35-45-9-14-48(35)27-17-23-5-1-10-46-11-2-6-24(18-27)33(23)46)30(22-32(31)38(42,43)44)36-49(15-16-50(36)51)28-19-25-7-3-12-47-13-4-8-26(20-28)34(25)47/h9,14,17-22,36,50H,1-8,10-13,15-16H2. The van der Waals surface area contributed by atoms with Crippen molar-refractivity contribution >= 4 is 17.1 Å². The molecule has 1 fully saturated rings. The maximum atomic E-state index is 14.6. The smallest absolute Gasteiger partial charge is 0.417 e. The zero-order valence-electron chi connectivity index (χ0n) is 28.0. The quantitative estimate of drug-likeness (QED) is 0.185. The van der Waals surface area contributed by atoms with Gasteiger partial charge in [-0.3, -0.25) is 4.57 Å². The molecule has 0 spiro atoms. The Balaban J connectivity index is 1.23. The Labute approximate surface area is 291 Å². The number of benzene rings is 3. The summed E-state index contributed by atoms with van der Waals surface area (Å²) in [5.41, 5.74) is 4.53. The SMILES string of the molecule is [O-][NH+]1CCN(c2cc3c4c(c2)CCCN4CCC3)C1c1cc(C(F)(F)F)c(C(F)(F)F)cc1-c1nccn1-c1cc2c3c(c1)CCCN3CCC2. The van der Waals surface area contributed by atoms with E-state index in [9.17, 15) is 31.5 Å². The van der Waals surface area contributed by atoms with Crippen molar-refractivity contribution in [3.8, 4) is 17.1 Å². The van der Waals surface area contributed by atoms with Crippen molar-refractivity contribution in [3.63, 3.8) is 0 Å². The lowest BCUT2D eigenvalue weighted by molar-refractivity contribution is -0.866. The molecule has 0 radical (unpaired) electrons. The molecule has 1 saturated heterocycles. The molecule has 0 amide bonds. The summed E-state index contributed by atoms with van der Waals surface area (Å²) >= 11 is 0. The van der Waals surface area contributed by atoms with Crippen LogP contribution < -0.4 is 19.8 Å². The van der Waals surface area contributed by atoms with Crippen molar-refractivity contribution in [2.75, 3.05) is 54.0 Å². The second kappa shape index (κ2) is 11.9. The number of aromatic nitrogens is 2. The van der Waals surface area contributed by atoms with Crippen LogP contribution in [0.1, 0.15) is 70.8 Å². The van der Waals surface area contributed by atoms with Crippen molar-refractivity contribution in [2.24, 2.45) is 0 Å². The number of rotatable bonds is 4. The van der Waals surface area contributed by atoms with Crippen LogP contribution in [0.25, 0.3) is 17.1 Å². The molecule has 2 unspecified atom stereocenters. The Bertz CT molecular complexity index is 1960. The van der Waals surface area contributed by atoms with Gasteiger partial charge in [-0.1, -0.05) is 0 Å². The lowest BCUT2D eigenvalue weighted by atomic mass is 9.90. The molecule has 2 atom stereocenters. The Kier molecular flexibility index (Phi) is 7.63. The number of imidazole rings is 1. The van der Waals surface area contributed by atoms with Gasteiger partial charge in [0, 0.05) is 72.4 Å². The van der Waals surface area contributed by atoms with Gasteiger partial charge in [0.05, 0.1) is 24.2 Å². The number of hydrogen-bond acceptors (Lipinski definition) is 5. The van der Waals surface area contributed by atoms with Crippen LogP contribution in [0.15, 0.2) is 48.8 Å². The van der Waals surface area contributed by atoms with Crippen LogP contribution in [0.2, 0.25) is 0 Å². The number of anilines is 3. The monoisotopic (exact) mass is 708 g/mol. The lowest BCUT2D eigenvalue weighted by Crippen LogP contribution is -3.06. The predicted octanol–water partition coefficient (Wildman–Crippen LogP) is 6.88. The van der Waals surface area contributed by atoms with Crippen molar-refractivity contribution < 1.29 is 31.4 Å². The summed E-state index contributed by atoms with van der Waals surface area (Å²) in [5, 5.41) is 13.5. The molecule has 0 aliphatic carbocycles. The summed E-state index contributed by atoms with van der Waals surface area (Å²) in [4.78, 5) is 11.1. The number of quaternary nitrogens is 1. The fraction of sp³-hybridized carbons (Fsp3) is 0.447. The van der Waals surface area contributed by atoms with E-state index in [1.165, 1.54) is 17.6 Å². The van der Waals surface area contributed by atoms with Crippen LogP contribution in [-0.2, 0) is 38.0 Å². The van der Waals surface area contributed by atoms with Crippen molar-refractivity contribution in [1.29, 1.82) is 0 Å². The van der Waals surface area contributed by atoms with E-state index in [2.05, 4.69) is 14.8 Å². The first kappa shape index (κ1) is 32.7. The van der Waals surface area contributed by atoms with E-state index in [4.69, 9.17) is 0 Å². The maximum absolute atomic E-state index is 14.6. The normalized spacial score (nSPS) is 21.6. The Morgan fingerprint density at radius 2 is 1.14 bits per heavy atom. The molecule has 13 heteroatoms. The van der Waals surface area contributed by atoms with Crippen LogP contribution in [0.3, 0.4) is 0 Å². The molecule has 9 rings (SSSR count). The topological polar surface area (TPSA) is 55.0 Å². The third-order valence-electron chi connectivity index (χ3n) is 11.4. The third kappa shape index (κ3) is 5.46. The molecule has 0 saturated carbocycles. The lowest BCUT2D eigenvalue weighted by Gasteiger charge is -2.38. The number of nitrogens with one attached hydrogen (secondary N) is 1. The van der Waals surface area contributed by atoms with Crippen LogP contribution in [0, 0.1) is 5.21 Å². The highest BCUT2D eigenvalue weighted by Crippen LogP contribution is 2.47. The highest BCUT2D eigenvalue weighted by molar-refractivity contribution is 5.73. The molecule has 3 aromatic carbocycles. The first-order chi connectivity index (χ1) is 24.5. The van der Waals surface area contributed by atoms with Crippen molar-refractivity contribution in [2.45, 2.75) is 69.9 Å². The van der Waals surface area contributed by atoms with Gasteiger partial charge in [-0.05, 0) is 110 Å². The fourth-order valence-electron chi connectivity index (χ4n) is 9.38. The summed E-state index contributed by atoms with van der Waals surface area (Å²) in [6, 6.07) is 9.23. The molecular formula is C38H38F6N6O. The number of hydroxylamine groups is 2. The zero-order valence-corrected chi connectivity index (χ0v) is 28.0. The number of halogens is 6. The molecule has 5 aliphatic heterocycles. The van der Waals surface area contributed by atoms with E-state index >= 15 is 0 Å². The van der Waals surface area contributed by atoms with E-state index in [-0.39, 0.29) is 35.1 Å². The van der Waals surface area contributed by atoms with Gasteiger partial charge in [0.25, 0.3) is 0 Å². The number of alkyl halides is 6. The van der Waals surface area contributed by atoms with Gasteiger partial charge < -0.3 is 25.0 Å². The third-order valence-corrected chi connectivity index (χ3v) is 11.4. The highest BCUT2D eigenvalue weighted by atomic mass is 19.4. The zero-order chi connectivity index (χ0) is 35.2. The van der Waals surface area contributed by atoms with Gasteiger partial charge >= 0.3 is 12.4 Å². The van der Waals surface area contributed by atoms with E-state index in [0.29, 0.717) is 23.5 Å². The Morgan fingerprint density at radius 3 is 1.65 bits per heavy atom. The molecule has 1 N–H and O–H groups in total. The van der Waals surface area contributed by atoms with Gasteiger partial charge in [0.15, 0.2) is 6.17 Å². The molecular weight excluding hydrogens is 670 g/mol. The molecule has 51 heavy (non-hydrogen) atoms. The minimum absolute atomic E-state index is 0.0597. The first-order valence-corrected chi connectivity index (χ1v) is 17.9. The van der Waals surface area contributed by atoms with Gasteiger partial charge in [0.2, 0.25) is 0 Å². The molecule has 6 heterocycles. The van der Waals surface area contributed by atoms with Gasteiger partial charge in [0.1, 0.15) is 5.82 Å². The Morgan fingerprint density at radius 1 is 0.647 bits per heavy atom. The molecule has 268 valence electrons. The summed E-state index contributed by atoms with van der Waals surface area (Å²) in [6.07, 6.45) is -1.44. The molecule has 0 bridgehead atoms. The first-order valence-electron chi connectivity index (χ1n) is 17.9. The summed E-state index contributed by atoms with van der Waals surface area (Å²) < 4.78 is 89.0. The number of aryl methyl sites for hydroxylation is 4. The van der Waals surface area contributed by atoms with E-state index in [0.717, 1.165) is 99.8 Å². The minimum Gasteiger partial charge on any atom is -0.632 e. The minimum atomic E-state index is -5.31. The van der Waals surface area contributed by atoms with Crippen molar-refractivity contribution in [1.82, 2.24) is 9.55 Å². The summed E-state index contributed by atoms with van der Waals surface area (Å²) in [7, 11) is 0. The summed E-state index contributed by atoms with van der Waals surface area (Å²) in [6.45, 7) is 4.18. The van der Waals surface area contributed by atoms with Gasteiger partial charge in [-0.15, -0.1) is 0 Å². The largest absolute Gasteiger partial charge is 0.632 e. The molecule has 4 aromatic rings. The van der Waals surface area contributed by atoms with Gasteiger partial charge in [-0.2, -0.15) is 26.3 Å². The van der Waals surface area contributed by atoms with Crippen LogP contribution in [-0.4, -0.2) is 48.8 Å². The average molecular weight is 709 g/mol. The second-order valence-corrected chi connectivity index (χ2v) is 14.5. The van der Waals surface area contributed by atoms with E-state index in [1.54, 1.807) is 15.7 Å². The number of hydrogen-bond donors (Lipinski definition) is 1. The highest BCUT2D eigenvalue weighted by Gasteiger charge is 2.46. The molecule has 1 aromatic heterocycles. The number of nitrogens with zero attached hydrogens (tertiary/aromatic N) is 5. The van der Waals surface area contributed by atoms with Crippen LogP contribution in [0.4, 0.5) is 43.4 Å². The van der Waals surface area contributed by atoms with Crippen LogP contribution in [0.5, 0.6) is 0 Å². The fourth-order valence-corrected chi connectivity index (χ4v) is 9.38. The van der Waals surface area contributed by atoms with Crippen molar-refractivity contribution in [3.05, 3.63) is 92.9 Å². The summed E-state index contributed by atoms with van der Waals surface area (Å²) in [5.74, 6) is 0.0654. The van der Waals surface area contributed by atoms with E-state index in [1.807, 2.05) is 24.3 Å². The van der Waals surface area contributed by atoms with Crippen LogP contribution >= 0.6 is 0 Å². The van der Waals surface area contributed by atoms with E-state index < -0.39 is 29.6 Å².